The van der Waals surface area contributed by atoms with Gasteiger partial charge in [0.2, 0.25) is 0 Å². The molecular weight excluding hydrogens is 464 g/mol. The minimum Gasteiger partial charge on any atom is -0.493 e. The highest BCUT2D eigenvalue weighted by Gasteiger charge is 2.16. The van der Waals surface area contributed by atoms with E-state index in [9.17, 15) is 10.1 Å². The fourth-order valence-corrected chi connectivity index (χ4v) is 4.56. The number of imidazole rings is 1. The van der Waals surface area contributed by atoms with Crippen molar-refractivity contribution in [1.82, 2.24) is 19.5 Å². The molecule has 0 aliphatic carbocycles. The number of para-hydroxylation sites is 1. The minimum absolute atomic E-state index is 0.0433. The Hall–Kier alpha value is -3.66. The largest absolute Gasteiger partial charge is 0.493 e. The molecule has 3 aromatic heterocycles. The van der Waals surface area contributed by atoms with Gasteiger partial charge in [-0.05, 0) is 42.2 Å². The molecule has 0 aliphatic rings. The number of nitro groups is 1. The molecule has 0 amide bonds. The van der Waals surface area contributed by atoms with Crippen LogP contribution in [0.15, 0.2) is 55.0 Å². The number of aryl methyl sites for hydroxylation is 1. The van der Waals surface area contributed by atoms with E-state index in [1.54, 1.807) is 29.4 Å². The summed E-state index contributed by atoms with van der Waals surface area (Å²) in [5, 5.41) is 15.6. The first kappa shape index (κ1) is 24.5. The van der Waals surface area contributed by atoms with Gasteiger partial charge in [-0.3, -0.25) is 9.97 Å². The van der Waals surface area contributed by atoms with E-state index < -0.39 is 4.92 Å². The summed E-state index contributed by atoms with van der Waals surface area (Å²) in [5.41, 5.74) is 3.87. The number of pyridine rings is 2. The van der Waals surface area contributed by atoms with E-state index in [1.165, 1.54) is 6.20 Å². The summed E-state index contributed by atoms with van der Waals surface area (Å²) < 4.78 is 7.66. The molecule has 10 heteroatoms. The van der Waals surface area contributed by atoms with Crippen LogP contribution in [0.1, 0.15) is 23.5 Å². The molecule has 0 atom stereocenters. The van der Waals surface area contributed by atoms with Crippen molar-refractivity contribution < 1.29 is 9.66 Å². The molecule has 0 fully saturated rings. The number of anilines is 1. The van der Waals surface area contributed by atoms with E-state index in [1.807, 2.05) is 43.5 Å². The number of ether oxygens (including phenoxy) is 1. The van der Waals surface area contributed by atoms with Gasteiger partial charge in [-0.2, -0.15) is 11.8 Å². The average Bonchev–Trinajstić information content (AvgIpc) is 3.24. The Morgan fingerprint density at radius 3 is 2.83 bits per heavy atom. The number of fused-ring (bicyclic) bond motifs is 1. The molecule has 4 aromatic rings. The van der Waals surface area contributed by atoms with Crippen LogP contribution in [0.25, 0.3) is 10.9 Å². The number of nitrogens with one attached hydrogen (secondary N) is 1. The molecule has 0 spiro atoms. The Morgan fingerprint density at radius 2 is 1.97 bits per heavy atom. The van der Waals surface area contributed by atoms with Crippen LogP contribution in [-0.2, 0) is 13.1 Å². The Morgan fingerprint density at radius 1 is 1.11 bits per heavy atom. The second-order valence-electron chi connectivity index (χ2n) is 8.04. The topological polar surface area (TPSA) is 108 Å². The highest BCUT2D eigenvalue weighted by Crippen LogP contribution is 2.22. The lowest BCUT2D eigenvalue weighted by molar-refractivity contribution is -0.392. The molecule has 0 radical (unpaired) electrons. The zero-order valence-electron chi connectivity index (χ0n) is 19.8. The number of aromatic nitrogens is 4. The molecule has 1 N–H and O–H groups in total. The Balaban J connectivity index is 1.21. The quantitative estimate of drug-likeness (QED) is 0.164. The lowest BCUT2D eigenvalue weighted by Crippen LogP contribution is -2.08. The Labute approximate surface area is 208 Å². The van der Waals surface area contributed by atoms with Crippen molar-refractivity contribution >= 4 is 34.2 Å². The number of benzene rings is 1. The van der Waals surface area contributed by atoms with Crippen LogP contribution in [0.5, 0.6) is 5.75 Å². The predicted octanol–water partition coefficient (Wildman–Crippen LogP) is 5.17. The van der Waals surface area contributed by atoms with Gasteiger partial charge in [-0.1, -0.05) is 18.2 Å². The lowest BCUT2D eigenvalue weighted by Gasteiger charge is -2.13. The van der Waals surface area contributed by atoms with Crippen molar-refractivity contribution in [3.8, 4) is 5.75 Å². The molecular formula is C25H28N6O3S. The summed E-state index contributed by atoms with van der Waals surface area (Å²) in [6.07, 6.45) is 5.80. The molecule has 9 nitrogen and oxygen atoms in total. The van der Waals surface area contributed by atoms with E-state index in [0.29, 0.717) is 25.5 Å². The number of rotatable bonds is 12. The molecule has 182 valence electrons. The van der Waals surface area contributed by atoms with Crippen molar-refractivity contribution in [3.05, 3.63) is 82.2 Å². The number of hydrogen-bond donors (Lipinski definition) is 1. The van der Waals surface area contributed by atoms with Crippen molar-refractivity contribution in [2.45, 2.75) is 33.4 Å². The summed E-state index contributed by atoms with van der Waals surface area (Å²) >= 11 is 1.75. The molecule has 0 bridgehead atoms. The van der Waals surface area contributed by atoms with Crippen LogP contribution in [0, 0.1) is 24.0 Å². The molecule has 0 saturated heterocycles. The van der Waals surface area contributed by atoms with Gasteiger partial charge in [0.25, 0.3) is 0 Å². The van der Waals surface area contributed by atoms with Crippen LogP contribution >= 0.6 is 11.8 Å². The minimum atomic E-state index is -0.391. The summed E-state index contributed by atoms with van der Waals surface area (Å²) in [5.74, 6) is 3.24. The van der Waals surface area contributed by atoms with Crippen LogP contribution in [-0.4, -0.2) is 42.6 Å². The monoisotopic (exact) mass is 492 g/mol. The highest BCUT2D eigenvalue weighted by molar-refractivity contribution is 7.99. The van der Waals surface area contributed by atoms with E-state index in [2.05, 4.69) is 26.3 Å². The zero-order valence-corrected chi connectivity index (χ0v) is 20.6. The molecule has 0 aliphatic heterocycles. The molecule has 1 aromatic carbocycles. The summed E-state index contributed by atoms with van der Waals surface area (Å²) in [4.78, 5) is 23.7. The van der Waals surface area contributed by atoms with Gasteiger partial charge in [-0.15, -0.1) is 0 Å². The van der Waals surface area contributed by atoms with Crippen LogP contribution in [0.3, 0.4) is 0 Å². The van der Waals surface area contributed by atoms with Crippen LogP contribution < -0.4 is 10.1 Å². The SMILES string of the molecule is Cc1c(OCCCSCCn2c([N+](=O)[O-])cnc2C)ccnc1CNc1cnc2ccccc2c1. The Kier molecular flexibility index (Phi) is 8.15. The van der Waals surface area contributed by atoms with Crippen molar-refractivity contribution in [1.29, 1.82) is 0 Å². The number of thioether (sulfide) groups is 1. The van der Waals surface area contributed by atoms with Crippen LogP contribution in [0.4, 0.5) is 11.5 Å². The van der Waals surface area contributed by atoms with E-state index in [-0.39, 0.29) is 5.82 Å². The third-order valence-corrected chi connectivity index (χ3v) is 6.73. The first-order valence-electron chi connectivity index (χ1n) is 11.4. The first-order valence-corrected chi connectivity index (χ1v) is 12.6. The fraction of sp³-hybridized carbons (Fsp3) is 0.320. The van der Waals surface area contributed by atoms with Gasteiger partial charge >= 0.3 is 5.82 Å². The van der Waals surface area contributed by atoms with Gasteiger partial charge in [0.05, 0.1) is 36.2 Å². The summed E-state index contributed by atoms with van der Waals surface area (Å²) in [7, 11) is 0. The lowest BCUT2D eigenvalue weighted by atomic mass is 10.2. The van der Waals surface area contributed by atoms with Gasteiger partial charge in [0.1, 0.15) is 18.5 Å². The maximum atomic E-state index is 11.1. The summed E-state index contributed by atoms with van der Waals surface area (Å²) in [6.45, 7) is 5.56. The second-order valence-corrected chi connectivity index (χ2v) is 9.26. The summed E-state index contributed by atoms with van der Waals surface area (Å²) in [6, 6.07) is 12.0. The third-order valence-electron chi connectivity index (χ3n) is 5.68. The van der Waals surface area contributed by atoms with Crippen molar-refractivity contribution in [3.63, 3.8) is 0 Å². The highest BCUT2D eigenvalue weighted by atomic mass is 32.2. The smallest absolute Gasteiger partial charge is 0.342 e. The molecule has 35 heavy (non-hydrogen) atoms. The van der Waals surface area contributed by atoms with Gasteiger partial charge < -0.3 is 20.2 Å². The maximum absolute atomic E-state index is 11.1. The van der Waals surface area contributed by atoms with Gasteiger partial charge in [-0.25, -0.2) is 9.55 Å². The Bertz CT molecular complexity index is 1310. The van der Waals surface area contributed by atoms with Crippen LogP contribution in [0.2, 0.25) is 0 Å². The molecule has 3 heterocycles. The van der Waals surface area contributed by atoms with Crippen molar-refractivity contribution in [2.24, 2.45) is 0 Å². The maximum Gasteiger partial charge on any atom is 0.342 e. The first-order chi connectivity index (χ1) is 17.0. The fourth-order valence-electron chi connectivity index (χ4n) is 3.73. The average molecular weight is 493 g/mol. The molecule has 0 saturated carbocycles. The van der Waals surface area contributed by atoms with E-state index >= 15 is 0 Å². The third kappa shape index (κ3) is 6.27. The number of hydrogen-bond acceptors (Lipinski definition) is 8. The number of nitrogens with zero attached hydrogens (tertiary/aromatic N) is 5. The van der Waals surface area contributed by atoms with Gasteiger partial charge in [0.15, 0.2) is 5.82 Å². The standard InChI is InChI=1S/C25H28N6O3S/c1-18-23(16-28-21-14-20-6-3-4-7-22(20)29-15-21)26-9-8-24(18)34-11-5-12-35-13-10-30-19(2)27-17-25(30)31(32)33/h3-4,6-9,14-15,17,28H,5,10-13,16H2,1-2H3. The zero-order chi connectivity index (χ0) is 24.6. The predicted molar refractivity (Wildman–Crippen MR) is 139 cm³/mol. The normalized spacial score (nSPS) is 11.0. The molecule has 4 rings (SSSR count). The van der Waals surface area contributed by atoms with E-state index in [4.69, 9.17) is 4.74 Å². The van der Waals surface area contributed by atoms with E-state index in [0.717, 1.165) is 51.5 Å². The van der Waals surface area contributed by atoms with Gasteiger partial charge in [0, 0.05) is 29.8 Å². The molecule has 0 unspecified atom stereocenters. The van der Waals surface area contributed by atoms with Crippen molar-refractivity contribution in [2.75, 3.05) is 23.4 Å². The second kappa shape index (κ2) is 11.7.